The Balaban J connectivity index is 1.71. The zero-order chi connectivity index (χ0) is 21.2. The Morgan fingerprint density at radius 1 is 1.17 bits per heavy atom. The number of Topliss-reactive ketones (excluding diaryl/α,β-unsaturated/α-hetero) is 1. The molecule has 0 unspecified atom stereocenters. The topological polar surface area (TPSA) is 77.5 Å². The van der Waals surface area contributed by atoms with Gasteiger partial charge in [0.05, 0.1) is 24.5 Å². The minimum absolute atomic E-state index is 0.113. The number of pyridine rings is 1. The number of carbonyl (C=O) groups excluding carboxylic acids is 2. The molecule has 0 spiro atoms. The molecular formula is C23H34N2O4. The van der Waals surface area contributed by atoms with Crippen LogP contribution in [-0.4, -0.2) is 43.0 Å². The van der Waals surface area contributed by atoms with E-state index in [1.165, 1.54) is 0 Å². The first-order chi connectivity index (χ1) is 13.9. The van der Waals surface area contributed by atoms with Gasteiger partial charge >= 0.3 is 0 Å². The highest BCUT2D eigenvalue weighted by Crippen LogP contribution is 2.36. The number of aromatic nitrogens is 1. The molecule has 1 saturated carbocycles. The van der Waals surface area contributed by atoms with Crippen molar-refractivity contribution in [1.82, 2.24) is 10.3 Å². The van der Waals surface area contributed by atoms with E-state index in [-0.39, 0.29) is 17.7 Å². The maximum atomic E-state index is 12.2. The van der Waals surface area contributed by atoms with Crippen LogP contribution >= 0.6 is 0 Å². The van der Waals surface area contributed by atoms with Gasteiger partial charge < -0.3 is 14.8 Å². The van der Waals surface area contributed by atoms with Crippen LogP contribution in [0.15, 0.2) is 30.7 Å². The Bertz CT molecular complexity index is 677. The fourth-order valence-corrected chi connectivity index (χ4v) is 3.64. The van der Waals surface area contributed by atoms with Crippen LogP contribution in [0.1, 0.15) is 68.4 Å². The Hall–Kier alpha value is -2.21. The lowest BCUT2D eigenvalue weighted by atomic mass is 9.76. The molecule has 1 heterocycles. The molecule has 0 saturated heterocycles. The molecule has 0 bridgehead atoms. The second-order valence-electron chi connectivity index (χ2n) is 8.00. The summed E-state index contributed by atoms with van der Waals surface area (Å²) in [5, 5.41) is 2.83. The van der Waals surface area contributed by atoms with Gasteiger partial charge in [0.2, 0.25) is 0 Å². The highest BCUT2D eigenvalue weighted by Gasteiger charge is 2.28. The maximum absolute atomic E-state index is 12.2. The minimum atomic E-state index is -0.155. The lowest BCUT2D eigenvalue weighted by Gasteiger charge is -2.28. The normalized spacial score (nSPS) is 19.0. The van der Waals surface area contributed by atoms with Gasteiger partial charge in [0, 0.05) is 36.2 Å². The summed E-state index contributed by atoms with van der Waals surface area (Å²) in [6, 6.07) is 3.76. The van der Waals surface area contributed by atoms with E-state index in [2.05, 4.69) is 16.9 Å². The molecule has 0 aromatic carbocycles. The van der Waals surface area contributed by atoms with Crippen LogP contribution in [0, 0.1) is 11.8 Å². The maximum Gasteiger partial charge on any atom is 0.252 e. The number of nitrogens with one attached hydrogen (secondary N) is 1. The Kier molecular flexibility index (Phi) is 9.32. The van der Waals surface area contributed by atoms with E-state index >= 15 is 0 Å². The van der Waals surface area contributed by atoms with Crippen molar-refractivity contribution in [1.29, 1.82) is 0 Å². The molecule has 1 amide bonds. The van der Waals surface area contributed by atoms with Gasteiger partial charge in [0.25, 0.3) is 5.91 Å². The first-order valence-corrected chi connectivity index (χ1v) is 10.5. The van der Waals surface area contributed by atoms with E-state index in [9.17, 15) is 9.59 Å². The average Bonchev–Trinajstić information content (AvgIpc) is 2.72. The number of hydrogen-bond donors (Lipinski definition) is 1. The van der Waals surface area contributed by atoms with Crippen molar-refractivity contribution >= 4 is 11.7 Å². The highest BCUT2D eigenvalue weighted by atomic mass is 16.5. The van der Waals surface area contributed by atoms with Crippen LogP contribution in [0.5, 0.6) is 0 Å². The molecule has 6 heteroatoms. The second kappa shape index (κ2) is 11.7. The summed E-state index contributed by atoms with van der Waals surface area (Å²) in [7, 11) is 0. The highest BCUT2D eigenvalue weighted by molar-refractivity contribution is 5.93. The second-order valence-corrected chi connectivity index (χ2v) is 8.00. The van der Waals surface area contributed by atoms with E-state index in [1.54, 1.807) is 13.1 Å². The number of ether oxygens (including phenoxy) is 2. The van der Waals surface area contributed by atoms with Gasteiger partial charge in [0.15, 0.2) is 0 Å². The summed E-state index contributed by atoms with van der Waals surface area (Å²) in [5.74, 6) is 1.58. The molecule has 0 aliphatic heterocycles. The van der Waals surface area contributed by atoms with Gasteiger partial charge in [-0.3, -0.25) is 14.6 Å². The predicted molar refractivity (Wildman–Crippen MR) is 113 cm³/mol. The first-order valence-electron chi connectivity index (χ1n) is 10.5. The van der Waals surface area contributed by atoms with Crippen LogP contribution in [-0.2, 0) is 14.3 Å². The summed E-state index contributed by atoms with van der Waals surface area (Å²) in [5.41, 5.74) is 1.56. The zero-order valence-corrected chi connectivity index (χ0v) is 17.9. The van der Waals surface area contributed by atoms with Gasteiger partial charge in [-0.05, 0) is 44.7 Å². The van der Waals surface area contributed by atoms with Gasteiger partial charge in [0.1, 0.15) is 12.4 Å². The summed E-state index contributed by atoms with van der Waals surface area (Å²) in [6.45, 7) is 11.2. The molecule has 0 radical (unpaired) electrons. The summed E-state index contributed by atoms with van der Waals surface area (Å²) >= 11 is 0. The number of amides is 1. The minimum Gasteiger partial charge on any atom is -0.496 e. The number of ketones is 1. The van der Waals surface area contributed by atoms with Crippen LogP contribution < -0.4 is 5.32 Å². The van der Waals surface area contributed by atoms with Crippen molar-refractivity contribution < 1.29 is 19.1 Å². The molecule has 1 N–H and O–H groups in total. The molecule has 1 aliphatic carbocycles. The molecule has 0 atom stereocenters. The zero-order valence-electron chi connectivity index (χ0n) is 17.9. The molecule has 1 aromatic rings. The Morgan fingerprint density at radius 3 is 2.48 bits per heavy atom. The van der Waals surface area contributed by atoms with Crippen LogP contribution in [0.25, 0.3) is 0 Å². The molecule has 6 nitrogen and oxygen atoms in total. The van der Waals surface area contributed by atoms with Crippen molar-refractivity contribution in [3.8, 4) is 0 Å². The molecule has 2 rings (SSSR count). The van der Waals surface area contributed by atoms with Crippen LogP contribution in [0.4, 0.5) is 0 Å². The monoisotopic (exact) mass is 402 g/mol. The van der Waals surface area contributed by atoms with Crippen molar-refractivity contribution in [3.05, 3.63) is 41.9 Å². The molecule has 1 aromatic heterocycles. The summed E-state index contributed by atoms with van der Waals surface area (Å²) in [6.07, 6.45) is 5.46. The average molecular weight is 403 g/mol. The van der Waals surface area contributed by atoms with Crippen molar-refractivity contribution in [2.24, 2.45) is 11.8 Å². The summed E-state index contributed by atoms with van der Waals surface area (Å²) in [4.78, 5) is 28.9. The van der Waals surface area contributed by atoms with Crippen molar-refractivity contribution in [2.45, 2.75) is 52.4 Å². The molecular weight excluding hydrogens is 368 g/mol. The molecule has 1 fully saturated rings. The number of carbonyl (C=O) groups is 2. The SMILES string of the molecule is C=C(C)OCCOCCNC(=O)c1ccc(C2CCC(C(=O)C(C)C)CC2)nc1. The first kappa shape index (κ1) is 23.1. The largest absolute Gasteiger partial charge is 0.496 e. The van der Waals surface area contributed by atoms with Crippen molar-refractivity contribution in [2.75, 3.05) is 26.4 Å². The van der Waals surface area contributed by atoms with E-state index in [1.807, 2.05) is 26.0 Å². The standard InChI is InChI=1S/C23H34N2O4/c1-16(2)22(26)19-7-5-18(6-8-19)21-10-9-20(15-25-21)23(27)24-11-12-28-13-14-29-17(3)4/h9-10,15-16,18-19H,3,5-8,11-14H2,1-2,4H3,(H,24,27). The number of rotatable bonds is 11. The van der Waals surface area contributed by atoms with Crippen LogP contribution in [0.2, 0.25) is 0 Å². The number of allylic oxidation sites excluding steroid dienone is 1. The van der Waals surface area contributed by atoms with E-state index in [0.717, 1.165) is 31.4 Å². The quantitative estimate of drug-likeness (QED) is 0.449. The third-order valence-corrected chi connectivity index (χ3v) is 5.27. The lowest BCUT2D eigenvalue weighted by molar-refractivity contribution is -0.126. The third kappa shape index (κ3) is 7.61. The molecule has 160 valence electrons. The Morgan fingerprint density at radius 2 is 1.90 bits per heavy atom. The van der Waals surface area contributed by atoms with E-state index < -0.39 is 0 Å². The van der Waals surface area contributed by atoms with Gasteiger partial charge in [-0.2, -0.15) is 0 Å². The van der Waals surface area contributed by atoms with Gasteiger partial charge in [-0.25, -0.2) is 0 Å². The number of hydrogen-bond acceptors (Lipinski definition) is 5. The van der Waals surface area contributed by atoms with Gasteiger partial charge in [-0.1, -0.05) is 20.4 Å². The van der Waals surface area contributed by atoms with Crippen molar-refractivity contribution in [3.63, 3.8) is 0 Å². The van der Waals surface area contributed by atoms with E-state index in [0.29, 0.717) is 49.4 Å². The predicted octanol–water partition coefficient (Wildman–Crippen LogP) is 3.88. The Labute approximate surface area is 174 Å². The van der Waals surface area contributed by atoms with Crippen LogP contribution in [0.3, 0.4) is 0 Å². The lowest BCUT2D eigenvalue weighted by Crippen LogP contribution is -2.28. The third-order valence-electron chi connectivity index (χ3n) is 5.27. The number of nitrogens with zero attached hydrogens (tertiary/aromatic N) is 1. The molecule has 1 aliphatic rings. The summed E-state index contributed by atoms with van der Waals surface area (Å²) < 4.78 is 10.6. The smallest absolute Gasteiger partial charge is 0.252 e. The van der Waals surface area contributed by atoms with Gasteiger partial charge in [-0.15, -0.1) is 0 Å². The fraction of sp³-hybridized carbons (Fsp3) is 0.609. The fourth-order valence-electron chi connectivity index (χ4n) is 3.64. The molecule has 29 heavy (non-hydrogen) atoms. The van der Waals surface area contributed by atoms with E-state index in [4.69, 9.17) is 9.47 Å².